The molecule has 0 unspecified atom stereocenters. The van der Waals surface area contributed by atoms with Gasteiger partial charge in [-0.1, -0.05) is 18.2 Å². The van der Waals surface area contributed by atoms with E-state index in [-0.39, 0.29) is 0 Å². The van der Waals surface area contributed by atoms with Crippen molar-refractivity contribution in [3.63, 3.8) is 0 Å². The molecule has 2 fully saturated rings. The number of aromatic nitrogens is 1. The summed E-state index contributed by atoms with van der Waals surface area (Å²) in [6.45, 7) is 10.4. The highest BCUT2D eigenvalue weighted by molar-refractivity contribution is 7.90. The molecule has 0 spiro atoms. The van der Waals surface area contributed by atoms with Gasteiger partial charge in [-0.05, 0) is 86.2 Å². The van der Waals surface area contributed by atoms with Crippen LogP contribution < -0.4 is 10.2 Å². The van der Waals surface area contributed by atoms with Crippen molar-refractivity contribution in [3.8, 4) is 11.1 Å². The number of hydrogen-bond donors (Lipinski definition) is 1. The molecule has 2 aliphatic rings. The van der Waals surface area contributed by atoms with Gasteiger partial charge in [-0.15, -0.1) is 0 Å². The molecule has 0 amide bonds. The van der Waals surface area contributed by atoms with Crippen LogP contribution in [0.25, 0.3) is 22.2 Å². The summed E-state index contributed by atoms with van der Waals surface area (Å²) >= 11 is 0. The van der Waals surface area contributed by atoms with Gasteiger partial charge in [0.25, 0.3) is 6.01 Å². The molecule has 198 valence electrons. The maximum Gasteiger partial charge on any atom is 0.300 e. The van der Waals surface area contributed by atoms with Gasteiger partial charge >= 0.3 is 0 Å². The predicted octanol–water partition coefficient (Wildman–Crippen LogP) is 5.85. The predicted molar refractivity (Wildman–Crippen MR) is 153 cm³/mol. The number of aryl methyl sites for hydroxylation is 1. The Morgan fingerprint density at radius 2 is 1.68 bits per heavy atom. The molecule has 0 bridgehead atoms. The number of sulfone groups is 1. The van der Waals surface area contributed by atoms with Crippen molar-refractivity contribution in [2.24, 2.45) is 0 Å². The van der Waals surface area contributed by atoms with Crippen LogP contribution in [0.2, 0.25) is 0 Å². The van der Waals surface area contributed by atoms with E-state index < -0.39 is 9.84 Å². The molecule has 1 aromatic heterocycles. The summed E-state index contributed by atoms with van der Waals surface area (Å²) in [5.74, 6) is 0. The first-order chi connectivity index (χ1) is 18.2. The number of nitrogens with one attached hydrogen (secondary N) is 1. The molecule has 1 saturated carbocycles. The first-order valence-corrected chi connectivity index (χ1v) is 15.1. The van der Waals surface area contributed by atoms with Crippen LogP contribution in [0.1, 0.15) is 29.5 Å². The van der Waals surface area contributed by atoms with Crippen molar-refractivity contribution in [2.45, 2.75) is 44.6 Å². The van der Waals surface area contributed by atoms with Crippen LogP contribution in [0.4, 0.5) is 17.4 Å². The highest BCUT2D eigenvalue weighted by atomic mass is 32.2. The molecule has 1 N–H and O–H groups in total. The Balaban J connectivity index is 1.25. The Bertz CT molecular complexity index is 1630. The smallest absolute Gasteiger partial charge is 0.300 e. The van der Waals surface area contributed by atoms with Crippen molar-refractivity contribution in [2.75, 3.05) is 42.7 Å². The number of piperazine rings is 1. The fourth-order valence-corrected chi connectivity index (χ4v) is 6.71. The number of para-hydroxylation sites is 1. The number of nitrogens with zero attached hydrogens (tertiary/aromatic N) is 3. The molecule has 4 aromatic rings. The van der Waals surface area contributed by atoms with E-state index in [1.165, 1.54) is 30.3 Å². The average Bonchev–Trinajstić information content (AvgIpc) is 3.64. The minimum atomic E-state index is -3.30. The van der Waals surface area contributed by atoms with Gasteiger partial charge in [0, 0.05) is 55.4 Å². The number of fused-ring (bicyclic) bond motifs is 1. The zero-order chi connectivity index (χ0) is 26.6. The summed E-state index contributed by atoms with van der Waals surface area (Å²) in [5.41, 5.74) is 8.35. The monoisotopic (exact) mass is 530 g/mol. The van der Waals surface area contributed by atoms with Crippen LogP contribution in [0.3, 0.4) is 0 Å². The second-order valence-electron chi connectivity index (χ2n) is 10.7. The van der Waals surface area contributed by atoms with E-state index in [0.29, 0.717) is 16.5 Å². The van der Waals surface area contributed by atoms with Crippen LogP contribution in [-0.2, 0) is 9.84 Å². The number of hydrogen-bond acceptors (Lipinski definition) is 7. The number of oxazole rings is 1. The van der Waals surface area contributed by atoms with Crippen molar-refractivity contribution in [3.05, 3.63) is 65.2 Å². The molecule has 1 saturated heterocycles. The third-order valence-corrected chi connectivity index (χ3v) is 9.25. The lowest BCUT2D eigenvalue weighted by atomic mass is 9.96. The lowest BCUT2D eigenvalue weighted by Crippen LogP contribution is -2.47. The highest BCUT2D eigenvalue weighted by Gasteiger charge is 2.31. The fraction of sp³-hybridized carbons (Fsp3) is 0.367. The van der Waals surface area contributed by atoms with Gasteiger partial charge in [0.1, 0.15) is 5.52 Å². The van der Waals surface area contributed by atoms with Gasteiger partial charge in [0.05, 0.1) is 4.90 Å². The molecule has 2 heterocycles. The Labute approximate surface area is 224 Å². The summed E-state index contributed by atoms with van der Waals surface area (Å²) in [6.07, 6.45) is 3.98. The van der Waals surface area contributed by atoms with E-state index in [2.05, 4.69) is 45.2 Å². The number of anilines is 3. The van der Waals surface area contributed by atoms with Crippen molar-refractivity contribution in [1.29, 1.82) is 0 Å². The first-order valence-electron chi connectivity index (χ1n) is 13.3. The molecule has 1 aliphatic carbocycles. The van der Waals surface area contributed by atoms with Gasteiger partial charge in [-0.25, -0.2) is 8.42 Å². The molecule has 0 atom stereocenters. The molecular formula is C30H34N4O3S. The summed E-state index contributed by atoms with van der Waals surface area (Å²) in [7, 11) is -3.30. The normalized spacial score (nSPS) is 16.8. The van der Waals surface area contributed by atoms with Gasteiger partial charge in [-0.3, -0.25) is 4.90 Å². The summed E-state index contributed by atoms with van der Waals surface area (Å²) in [5, 5.41) is 3.34. The lowest BCUT2D eigenvalue weighted by Gasteiger charge is -2.37. The Kier molecular flexibility index (Phi) is 6.19. The molecule has 0 radical (unpaired) electrons. The summed E-state index contributed by atoms with van der Waals surface area (Å²) in [4.78, 5) is 10.2. The zero-order valence-corrected chi connectivity index (χ0v) is 23.2. The maximum atomic E-state index is 12.2. The molecule has 1 aliphatic heterocycles. The second-order valence-corrected chi connectivity index (χ2v) is 12.7. The van der Waals surface area contributed by atoms with Gasteiger partial charge in [-0.2, -0.15) is 4.98 Å². The topological polar surface area (TPSA) is 78.7 Å². The van der Waals surface area contributed by atoms with Crippen molar-refractivity contribution < 1.29 is 12.8 Å². The average molecular weight is 531 g/mol. The van der Waals surface area contributed by atoms with E-state index in [1.807, 2.05) is 38.1 Å². The maximum absolute atomic E-state index is 12.2. The van der Waals surface area contributed by atoms with Crippen molar-refractivity contribution in [1.82, 2.24) is 9.88 Å². The van der Waals surface area contributed by atoms with Crippen LogP contribution >= 0.6 is 0 Å². The third-order valence-electron chi connectivity index (χ3n) is 8.01. The molecule has 38 heavy (non-hydrogen) atoms. The van der Waals surface area contributed by atoms with E-state index in [0.717, 1.165) is 65.7 Å². The molecule has 6 rings (SSSR count). The Morgan fingerprint density at radius 1 is 0.921 bits per heavy atom. The van der Waals surface area contributed by atoms with Gasteiger partial charge in [0.15, 0.2) is 15.4 Å². The van der Waals surface area contributed by atoms with Gasteiger partial charge in [0.2, 0.25) is 0 Å². The fourth-order valence-electron chi connectivity index (χ4n) is 5.68. The second kappa shape index (κ2) is 9.43. The first kappa shape index (κ1) is 24.9. The minimum absolute atomic E-state index is 0.356. The van der Waals surface area contributed by atoms with Crippen LogP contribution in [0.15, 0.2) is 57.8 Å². The molecule has 7 nitrogen and oxygen atoms in total. The summed E-state index contributed by atoms with van der Waals surface area (Å²) in [6, 6.07) is 17.1. The molecule has 8 heteroatoms. The quantitative estimate of drug-likeness (QED) is 0.335. The van der Waals surface area contributed by atoms with E-state index in [9.17, 15) is 8.42 Å². The third kappa shape index (κ3) is 4.67. The SMILES string of the molecule is Cc1cc(Nc2nc3cccc(-c4ccc(S(C)(=O)=O)c(C)c4C)c3o2)ccc1N1CCN(C2CC2)CC1. The largest absolute Gasteiger partial charge is 0.423 e. The number of rotatable bonds is 6. The van der Waals surface area contributed by atoms with Crippen LogP contribution in [0.5, 0.6) is 0 Å². The Hall–Kier alpha value is -3.36. The minimum Gasteiger partial charge on any atom is -0.423 e. The standard InChI is InChI=1S/C30H34N4O3S/c1-19-18-22(8-12-27(19)34-16-14-33(15-17-34)23-9-10-23)31-30-32-26-7-5-6-25(29(26)37-30)24-11-13-28(38(4,35)36)21(3)20(24)2/h5-8,11-13,18,23H,9-10,14-17H2,1-4H3,(H,31,32). The Morgan fingerprint density at radius 3 is 2.37 bits per heavy atom. The van der Waals surface area contributed by atoms with Gasteiger partial charge < -0.3 is 14.6 Å². The van der Waals surface area contributed by atoms with E-state index in [4.69, 9.17) is 4.42 Å². The number of benzene rings is 3. The lowest BCUT2D eigenvalue weighted by molar-refractivity contribution is 0.248. The van der Waals surface area contributed by atoms with Crippen LogP contribution in [-0.4, -0.2) is 56.8 Å². The van der Waals surface area contributed by atoms with Crippen molar-refractivity contribution >= 4 is 38.3 Å². The van der Waals surface area contributed by atoms with E-state index in [1.54, 1.807) is 6.07 Å². The highest BCUT2D eigenvalue weighted by Crippen LogP contribution is 2.36. The van der Waals surface area contributed by atoms with E-state index >= 15 is 0 Å². The summed E-state index contributed by atoms with van der Waals surface area (Å²) < 4.78 is 30.6. The molecular weight excluding hydrogens is 496 g/mol. The van der Waals surface area contributed by atoms with Crippen LogP contribution in [0, 0.1) is 20.8 Å². The zero-order valence-electron chi connectivity index (χ0n) is 22.4. The molecule has 3 aromatic carbocycles.